The molecule has 0 spiro atoms. The molecule has 6 nitrogen and oxygen atoms in total. The van der Waals surface area contributed by atoms with E-state index in [1.54, 1.807) is 19.3 Å². The first-order valence-electron chi connectivity index (χ1n) is 9.40. The second kappa shape index (κ2) is 7.47. The highest BCUT2D eigenvalue weighted by atomic mass is 16.5. The summed E-state index contributed by atoms with van der Waals surface area (Å²) in [4.78, 5) is 12.7. The van der Waals surface area contributed by atoms with Crippen molar-refractivity contribution in [1.82, 2.24) is 20.1 Å². The average Bonchev–Trinajstić information content (AvgIpc) is 3.16. The normalized spacial score (nSPS) is 11.4. The van der Waals surface area contributed by atoms with Crippen molar-refractivity contribution in [3.05, 3.63) is 83.5 Å². The molecule has 0 aliphatic heterocycles. The van der Waals surface area contributed by atoms with Crippen molar-refractivity contribution in [2.24, 2.45) is 0 Å². The van der Waals surface area contributed by atoms with E-state index in [2.05, 4.69) is 77.3 Å². The first-order valence-corrected chi connectivity index (χ1v) is 9.40. The van der Waals surface area contributed by atoms with E-state index in [4.69, 9.17) is 9.26 Å². The van der Waals surface area contributed by atoms with E-state index in [-0.39, 0.29) is 5.41 Å². The predicted molar refractivity (Wildman–Crippen MR) is 110 cm³/mol. The van der Waals surface area contributed by atoms with Crippen LogP contribution >= 0.6 is 0 Å². The van der Waals surface area contributed by atoms with Crippen LogP contribution in [0, 0.1) is 13.8 Å². The Hall–Kier alpha value is -3.54. The summed E-state index contributed by atoms with van der Waals surface area (Å²) in [5.41, 5.74) is 4.17. The quantitative estimate of drug-likeness (QED) is 0.466. The van der Waals surface area contributed by atoms with Crippen molar-refractivity contribution in [2.45, 2.75) is 33.1 Å². The molecular weight excluding hydrogens is 364 g/mol. The van der Waals surface area contributed by atoms with Gasteiger partial charge in [-0.15, -0.1) is 0 Å². The number of aromatic nitrogens is 4. The van der Waals surface area contributed by atoms with Gasteiger partial charge in [-0.3, -0.25) is 0 Å². The minimum Gasteiger partial charge on any atom is -0.438 e. The zero-order chi connectivity index (χ0) is 20.4. The lowest BCUT2D eigenvalue weighted by Gasteiger charge is -2.26. The number of hydrogen-bond acceptors (Lipinski definition) is 6. The molecule has 0 N–H and O–H groups in total. The lowest BCUT2D eigenvalue weighted by Crippen LogP contribution is -2.18. The predicted octanol–water partition coefficient (Wildman–Crippen LogP) is 5.26. The van der Waals surface area contributed by atoms with Gasteiger partial charge >= 0.3 is 0 Å². The SMILES string of the molecule is Cc1ccc(C(C)(C)c2ccc(Oc3cnc(-c4noc(C)n4)cn3)cc2)cc1. The topological polar surface area (TPSA) is 73.9 Å². The third kappa shape index (κ3) is 4.01. The maximum Gasteiger partial charge on any atom is 0.237 e. The molecule has 0 amide bonds. The van der Waals surface area contributed by atoms with Gasteiger partial charge in [-0.2, -0.15) is 4.98 Å². The fourth-order valence-electron chi connectivity index (χ4n) is 3.08. The Kier molecular flexibility index (Phi) is 4.84. The monoisotopic (exact) mass is 386 g/mol. The number of aryl methyl sites for hydroxylation is 2. The standard InChI is InChI=1S/C23H22N4O2/c1-15-5-7-17(8-6-15)23(3,4)18-9-11-19(12-10-18)28-21-14-24-20(13-25-21)22-26-16(2)29-27-22/h5-14H,1-4H3. The third-order valence-electron chi connectivity index (χ3n) is 4.96. The van der Waals surface area contributed by atoms with Gasteiger partial charge in [0.15, 0.2) is 0 Å². The Labute approximate surface area is 169 Å². The minimum absolute atomic E-state index is 0.101. The van der Waals surface area contributed by atoms with Gasteiger partial charge in [-0.1, -0.05) is 61.0 Å². The molecule has 0 aliphatic carbocycles. The fourth-order valence-corrected chi connectivity index (χ4v) is 3.08. The number of hydrogen-bond donors (Lipinski definition) is 0. The highest BCUT2D eigenvalue weighted by molar-refractivity contribution is 5.46. The molecule has 2 aromatic carbocycles. The number of benzene rings is 2. The molecule has 0 bridgehead atoms. The van der Waals surface area contributed by atoms with Gasteiger partial charge < -0.3 is 9.26 Å². The fraction of sp³-hybridized carbons (Fsp3) is 0.217. The molecule has 0 unspecified atom stereocenters. The zero-order valence-electron chi connectivity index (χ0n) is 16.9. The van der Waals surface area contributed by atoms with E-state index in [0.717, 1.165) is 0 Å². The van der Waals surface area contributed by atoms with Gasteiger partial charge in [0.1, 0.15) is 11.4 Å². The van der Waals surface area contributed by atoms with E-state index >= 15 is 0 Å². The minimum atomic E-state index is -0.101. The largest absolute Gasteiger partial charge is 0.438 e. The molecule has 0 saturated carbocycles. The smallest absolute Gasteiger partial charge is 0.237 e. The molecule has 6 heteroatoms. The summed E-state index contributed by atoms with van der Waals surface area (Å²) in [6.07, 6.45) is 3.11. The molecule has 4 rings (SSSR count). The molecule has 0 saturated heterocycles. The Morgan fingerprint density at radius 2 is 1.48 bits per heavy atom. The molecule has 2 aromatic heterocycles. The van der Waals surface area contributed by atoms with Crippen LogP contribution in [0.1, 0.15) is 36.4 Å². The Morgan fingerprint density at radius 1 is 0.828 bits per heavy atom. The summed E-state index contributed by atoms with van der Waals surface area (Å²) in [6, 6.07) is 16.7. The first-order chi connectivity index (χ1) is 13.9. The van der Waals surface area contributed by atoms with Crippen molar-refractivity contribution >= 4 is 0 Å². The van der Waals surface area contributed by atoms with Crippen LogP contribution in [0.15, 0.2) is 65.4 Å². The van der Waals surface area contributed by atoms with Gasteiger partial charge in [0.05, 0.1) is 12.4 Å². The van der Waals surface area contributed by atoms with E-state index < -0.39 is 0 Å². The highest BCUT2D eigenvalue weighted by Crippen LogP contribution is 2.33. The second-order valence-corrected chi connectivity index (χ2v) is 7.49. The molecule has 29 heavy (non-hydrogen) atoms. The van der Waals surface area contributed by atoms with Crippen LogP contribution in [-0.2, 0) is 5.41 Å². The third-order valence-corrected chi connectivity index (χ3v) is 4.96. The molecule has 0 aliphatic rings. The summed E-state index contributed by atoms with van der Waals surface area (Å²) in [6.45, 7) is 8.27. The molecule has 0 radical (unpaired) electrons. The summed E-state index contributed by atoms with van der Waals surface area (Å²) in [5.74, 6) is 1.99. The van der Waals surface area contributed by atoms with Gasteiger partial charge in [-0.25, -0.2) is 9.97 Å². The molecule has 4 aromatic rings. The van der Waals surface area contributed by atoms with Gasteiger partial charge in [0.25, 0.3) is 0 Å². The van der Waals surface area contributed by atoms with Gasteiger partial charge in [-0.05, 0) is 30.2 Å². The average molecular weight is 386 g/mol. The lowest BCUT2D eigenvalue weighted by atomic mass is 9.78. The van der Waals surface area contributed by atoms with E-state index in [1.807, 2.05) is 12.1 Å². The maximum atomic E-state index is 5.83. The van der Waals surface area contributed by atoms with E-state index in [9.17, 15) is 0 Å². The van der Waals surface area contributed by atoms with E-state index in [1.165, 1.54) is 16.7 Å². The van der Waals surface area contributed by atoms with Gasteiger partial charge in [0.2, 0.25) is 17.6 Å². The number of nitrogens with zero attached hydrogens (tertiary/aromatic N) is 4. The number of ether oxygens (including phenoxy) is 1. The van der Waals surface area contributed by atoms with Crippen molar-refractivity contribution in [2.75, 3.05) is 0 Å². The Bertz CT molecular complexity index is 1100. The van der Waals surface area contributed by atoms with Crippen LogP contribution in [-0.4, -0.2) is 20.1 Å². The molecule has 0 fully saturated rings. The van der Waals surface area contributed by atoms with E-state index in [0.29, 0.717) is 29.0 Å². The van der Waals surface area contributed by atoms with Gasteiger partial charge in [0, 0.05) is 12.3 Å². The first kappa shape index (κ1) is 18.8. The van der Waals surface area contributed by atoms with Crippen LogP contribution in [0.25, 0.3) is 11.5 Å². The Morgan fingerprint density at radius 3 is 2.03 bits per heavy atom. The summed E-state index contributed by atoms with van der Waals surface area (Å²) >= 11 is 0. The van der Waals surface area contributed by atoms with Crippen molar-refractivity contribution in [3.8, 4) is 23.1 Å². The second-order valence-electron chi connectivity index (χ2n) is 7.49. The van der Waals surface area contributed by atoms with Crippen LogP contribution in [0.4, 0.5) is 0 Å². The Balaban J connectivity index is 1.48. The van der Waals surface area contributed by atoms with Crippen LogP contribution in [0.2, 0.25) is 0 Å². The number of rotatable bonds is 5. The van der Waals surface area contributed by atoms with Crippen molar-refractivity contribution in [3.63, 3.8) is 0 Å². The lowest BCUT2D eigenvalue weighted by molar-refractivity contribution is 0.394. The van der Waals surface area contributed by atoms with Crippen molar-refractivity contribution in [1.29, 1.82) is 0 Å². The summed E-state index contributed by atoms with van der Waals surface area (Å²) in [7, 11) is 0. The zero-order valence-corrected chi connectivity index (χ0v) is 16.9. The molecule has 2 heterocycles. The molecular formula is C23H22N4O2. The summed E-state index contributed by atoms with van der Waals surface area (Å²) in [5, 5.41) is 3.83. The van der Waals surface area contributed by atoms with Crippen molar-refractivity contribution < 1.29 is 9.26 Å². The van der Waals surface area contributed by atoms with Crippen LogP contribution < -0.4 is 4.74 Å². The molecule has 146 valence electrons. The highest BCUT2D eigenvalue weighted by Gasteiger charge is 2.23. The van der Waals surface area contributed by atoms with Crippen LogP contribution in [0.3, 0.4) is 0 Å². The maximum absolute atomic E-state index is 5.83. The molecule has 0 atom stereocenters. The summed E-state index contributed by atoms with van der Waals surface area (Å²) < 4.78 is 10.8. The van der Waals surface area contributed by atoms with Crippen LogP contribution in [0.5, 0.6) is 11.6 Å².